The second kappa shape index (κ2) is 9.74. The molecular weight excluding hydrogens is 420 g/mol. The van der Waals surface area contributed by atoms with Gasteiger partial charge in [0.05, 0.1) is 17.3 Å². The van der Waals surface area contributed by atoms with Crippen LogP contribution in [0.25, 0.3) is 22.8 Å². The number of ether oxygens (including phenoxy) is 1. The zero-order chi connectivity index (χ0) is 23.2. The summed E-state index contributed by atoms with van der Waals surface area (Å²) in [7, 11) is 0. The topological polar surface area (TPSA) is 98.5 Å². The molecule has 4 rings (SSSR count). The van der Waals surface area contributed by atoms with Crippen molar-refractivity contribution in [1.82, 2.24) is 4.98 Å². The van der Waals surface area contributed by atoms with Crippen LogP contribution in [0, 0.1) is 0 Å². The highest BCUT2D eigenvalue weighted by Gasteiger charge is 2.19. The van der Waals surface area contributed by atoms with E-state index in [4.69, 9.17) is 9.15 Å². The van der Waals surface area contributed by atoms with Crippen molar-refractivity contribution in [2.75, 3.05) is 11.9 Å². The Labute approximate surface area is 190 Å². The lowest BCUT2D eigenvalue weighted by atomic mass is 10.1. The molecule has 1 heterocycles. The second-order valence-corrected chi connectivity index (χ2v) is 7.20. The fourth-order valence-corrected chi connectivity index (χ4v) is 3.22. The number of Topliss-reactive ketones (excluding diaryl/α,β-unsaturated/α-hetero) is 1. The highest BCUT2D eigenvalue weighted by Crippen LogP contribution is 2.28. The van der Waals surface area contributed by atoms with Crippen LogP contribution < -0.4 is 5.32 Å². The van der Waals surface area contributed by atoms with Crippen molar-refractivity contribution in [3.05, 3.63) is 96.2 Å². The summed E-state index contributed by atoms with van der Waals surface area (Å²) in [6.45, 7) is 0.977. The summed E-state index contributed by atoms with van der Waals surface area (Å²) >= 11 is 0. The first-order valence-electron chi connectivity index (χ1n) is 10.2. The molecule has 0 bridgehead atoms. The number of amides is 1. The third kappa shape index (κ3) is 5.22. The molecular formula is C26H20N2O5. The predicted octanol–water partition coefficient (Wildman–Crippen LogP) is 5.01. The number of oxazole rings is 1. The van der Waals surface area contributed by atoms with Gasteiger partial charge in [0.1, 0.15) is 0 Å². The highest BCUT2D eigenvalue weighted by atomic mass is 16.5. The molecule has 1 N–H and O–H groups in total. The summed E-state index contributed by atoms with van der Waals surface area (Å²) in [6, 6.07) is 22.6. The number of benzene rings is 3. The van der Waals surface area contributed by atoms with Gasteiger partial charge in [-0.2, -0.15) is 0 Å². The summed E-state index contributed by atoms with van der Waals surface area (Å²) in [5, 5.41) is 2.63. The van der Waals surface area contributed by atoms with Crippen molar-refractivity contribution >= 4 is 23.3 Å². The molecule has 0 radical (unpaired) electrons. The van der Waals surface area contributed by atoms with Gasteiger partial charge in [0.2, 0.25) is 11.8 Å². The van der Waals surface area contributed by atoms with E-state index in [0.717, 1.165) is 5.56 Å². The molecule has 0 spiro atoms. The first kappa shape index (κ1) is 21.7. The molecule has 0 aliphatic heterocycles. The Kier molecular flexibility index (Phi) is 6.40. The van der Waals surface area contributed by atoms with Gasteiger partial charge in [0.15, 0.2) is 18.2 Å². The lowest BCUT2D eigenvalue weighted by Gasteiger charge is -2.08. The van der Waals surface area contributed by atoms with Gasteiger partial charge in [-0.3, -0.25) is 9.59 Å². The summed E-state index contributed by atoms with van der Waals surface area (Å²) < 4.78 is 11.1. The number of hydrogen-bond donors (Lipinski definition) is 1. The Hall–Kier alpha value is -4.52. The Balaban J connectivity index is 1.46. The van der Waals surface area contributed by atoms with Crippen LogP contribution in [-0.4, -0.2) is 29.3 Å². The number of ketones is 1. The number of carbonyl (C=O) groups is 3. The normalized spacial score (nSPS) is 10.5. The van der Waals surface area contributed by atoms with E-state index in [-0.39, 0.29) is 23.1 Å². The monoisotopic (exact) mass is 440 g/mol. The zero-order valence-corrected chi connectivity index (χ0v) is 17.8. The molecule has 0 unspecified atom stereocenters. The minimum atomic E-state index is -0.659. The fraction of sp³-hybridized carbons (Fsp3) is 0.0769. The number of carbonyl (C=O) groups excluding carboxylic acids is 3. The maximum absolute atomic E-state index is 12.7. The van der Waals surface area contributed by atoms with E-state index in [1.165, 1.54) is 6.92 Å². The van der Waals surface area contributed by atoms with Crippen LogP contribution in [-0.2, 0) is 9.53 Å². The average molecular weight is 440 g/mol. The van der Waals surface area contributed by atoms with Crippen LogP contribution in [0.3, 0.4) is 0 Å². The molecule has 7 heteroatoms. The average Bonchev–Trinajstić information content (AvgIpc) is 3.33. The molecule has 33 heavy (non-hydrogen) atoms. The Bertz CT molecular complexity index is 1290. The summed E-state index contributed by atoms with van der Waals surface area (Å²) in [4.78, 5) is 40.6. The van der Waals surface area contributed by atoms with Crippen LogP contribution in [0.1, 0.15) is 27.6 Å². The summed E-state index contributed by atoms with van der Waals surface area (Å²) in [5.74, 6) is -0.373. The third-order valence-electron chi connectivity index (χ3n) is 4.80. The Morgan fingerprint density at radius 1 is 0.909 bits per heavy atom. The zero-order valence-electron chi connectivity index (χ0n) is 17.8. The maximum atomic E-state index is 12.7. The SMILES string of the molecule is CC(=O)Nc1ccc(C(=O)COC(=O)c2ccccc2-c2ncc(-c3ccccc3)o2)cc1. The number of aromatic nitrogens is 1. The number of anilines is 1. The molecule has 0 aliphatic rings. The molecule has 0 saturated heterocycles. The quantitative estimate of drug-likeness (QED) is 0.321. The van der Waals surface area contributed by atoms with E-state index in [1.54, 1.807) is 54.7 Å². The van der Waals surface area contributed by atoms with Crippen LogP contribution in [0.4, 0.5) is 5.69 Å². The Morgan fingerprint density at radius 2 is 1.61 bits per heavy atom. The predicted molar refractivity (Wildman–Crippen MR) is 123 cm³/mol. The van der Waals surface area contributed by atoms with Gasteiger partial charge in [0, 0.05) is 23.7 Å². The maximum Gasteiger partial charge on any atom is 0.339 e. The van der Waals surface area contributed by atoms with Crippen molar-refractivity contribution in [2.45, 2.75) is 6.92 Å². The highest BCUT2D eigenvalue weighted by molar-refractivity contribution is 6.01. The smallest absolute Gasteiger partial charge is 0.339 e. The molecule has 0 aliphatic carbocycles. The van der Waals surface area contributed by atoms with E-state index in [1.807, 2.05) is 30.3 Å². The molecule has 3 aromatic carbocycles. The molecule has 0 atom stereocenters. The molecule has 7 nitrogen and oxygen atoms in total. The third-order valence-corrected chi connectivity index (χ3v) is 4.80. The number of nitrogens with zero attached hydrogens (tertiary/aromatic N) is 1. The van der Waals surface area contributed by atoms with Crippen LogP contribution in [0.5, 0.6) is 0 Å². The first-order chi connectivity index (χ1) is 16.0. The lowest BCUT2D eigenvalue weighted by Crippen LogP contribution is -2.15. The van der Waals surface area contributed by atoms with E-state index in [0.29, 0.717) is 22.6 Å². The first-order valence-corrected chi connectivity index (χ1v) is 10.2. The number of hydrogen-bond acceptors (Lipinski definition) is 6. The Morgan fingerprint density at radius 3 is 2.33 bits per heavy atom. The molecule has 1 amide bonds. The van der Waals surface area contributed by atoms with Crippen LogP contribution in [0.2, 0.25) is 0 Å². The molecule has 0 fully saturated rings. The second-order valence-electron chi connectivity index (χ2n) is 7.20. The van der Waals surface area contributed by atoms with Crippen molar-refractivity contribution < 1.29 is 23.5 Å². The summed E-state index contributed by atoms with van der Waals surface area (Å²) in [6.07, 6.45) is 1.60. The van der Waals surface area contributed by atoms with E-state index < -0.39 is 12.6 Å². The fourth-order valence-electron chi connectivity index (χ4n) is 3.22. The van der Waals surface area contributed by atoms with Gasteiger partial charge < -0.3 is 14.5 Å². The van der Waals surface area contributed by atoms with Crippen molar-refractivity contribution in [1.29, 1.82) is 0 Å². The van der Waals surface area contributed by atoms with Crippen LogP contribution >= 0.6 is 0 Å². The molecule has 0 saturated carbocycles. The molecule has 4 aromatic rings. The minimum absolute atomic E-state index is 0.205. The van der Waals surface area contributed by atoms with Gasteiger partial charge in [-0.15, -0.1) is 0 Å². The van der Waals surface area contributed by atoms with Gasteiger partial charge in [-0.25, -0.2) is 9.78 Å². The number of rotatable bonds is 7. The van der Waals surface area contributed by atoms with Gasteiger partial charge in [-0.05, 0) is 36.4 Å². The number of nitrogens with one attached hydrogen (secondary N) is 1. The van der Waals surface area contributed by atoms with E-state index in [9.17, 15) is 14.4 Å². The standard InChI is InChI=1S/C26H20N2O5/c1-17(29)28-20-13-11-18(12-14-20)23(30)16-32-26(31)22-10-6-5-9-21(22)25-27-15-24(33-25)19-7-3-2-4-8-19/h2-15H,16H2,1H3,(H,28,29). The van der Waals surface area contributed by atoms with E-state index in [2.05, 4.69) is 10.3 Å². The van der Waals surface area contributed by atoms with Gasteiger partial charge >= 0.3 is 5.97 Å². The largest absolute Gasteiger partial charge is 0.454 e. The molecule has 1 aromatic heterocycles. The van der Waals surface area contributed by atoms with Crippen molar-refractivity contribution in [2.24, 2.45) is 0 Å². The van der Waals surface area contributed by atoms with Gasteiger partial charge in [0.25, 0.3) is 0 Å². The number of esters is 1. The lowest BCUT2D eigenvalue weighted by molar-refractivity contribution is -0.114. The minimum Gasteiger partial charge on any atom is -0.454 e. The summed E-state index contributed by atoms with van der Waals surface area (Å²) in [5.41, 5.74) is 2.52. The van der Waals surface area contributed by atoms with Crippen LogP contribution in [0.15, 0.2) is 89.5 Å². The van der Waals surface area contributed by atoms with Crippen molar-refractivity contribution in [3.8, 4) is 22.8 Å². The molecule has 164 valence electrons. The van der Waals surface area contributed by atoms with E-state index >= 15 is 0 Å². The van der Waals surface area contributed by atoms with Gasteiger partial charge in [-0.1, -0.05) is 42.5 Å². The van der Waals surface area contributed by atoms with Crippen molar-refractivity contribution in [3.63, 3.8) is 0 Å².